The summed E-state index contributed by atoms with van der Waals surface area (Å²) in [6.45, 7) is 9.51. The summed E-state index contributed by atoms with van der Waals surface area (Å²) in [4.78, 5) is 0. The Morgan fingerprint density at radius 3 is 2.50 bits per heavy atom. The molecule has 0 aliphatic heterocycles. The number of hydrogen-bond acceptors (Lipinski definition) is 3. The summed E-state index contributed by atoms with van der Waals surface area (Å²) < 4.78 is 24.8. The molecule has 0 aromatic heterocycles. The molecule has 14 heavy (non-hydrogen) atoms. The summed E-state index contributed by atoms with van der Waals surface area (Å²) in [5, 5.41) is 2.99. The van der Waals surface area contributed by atoms with Crippen molar-refractivity contribution < 1.29 is 8.42 Å². The van der Waals surface area contributed by atoms with Gasteiger partial charge < -0.3 is 5.32 Å². The van der Waals surface area contributed by atoms with Crippen LogP contribution in [0.1, 0.15) is 13.8 Å². The van der Waals surface area contributed by atoms with E-state index in [0.717, 1.165) is 6.54 Å². The molecule has 0 saturated heterocycles. The van der Waals surface area contributed by atoms with Gasteiger partial charge in [0, 0.05) is 19.6 Å². The second kappa shape index (κ2) is 6.98. The molecule has 0 aliphatic carbocycles. The Labute approximate surface area is 87.0 Å². The van der Waals surface area contributed by atoms with Crippen molar-refractivity contribution in [2.75, 3.05) is 31.9 Å². The van der Waals surface area contributed by atoms with E-state index in [1.54, 1.807) is 6.08 Å². The highest BCUT2D eigenvalue weighted by Gasteiger charge is 2.17. The third-order valence-electron chi connectivity index (χ3n) is 1.87. The van der Waals surface area contributed by atoms with Crippen LogP contribution in [0.15, 0.2) is 12.7 Å². The second-order valence-electron chi connectivity index (χ2n) is 2.91. The van der Waals surface area contributed by atoms with E-state index in [9.17, 15) is 8.42 Å². The van der Waals surface area contributed by atoms with Crippen molar-refractivity contribution in [1.82, 2.24) is 9.62 Å². The summed E-state index contributed by atoms with van der Waals surface area (Å²) in [5.74, 6) is 0.155. The monoisotopic (exact) mass is 220 g/mol. The van der Waals surface area contributed by atoms with Crippen LogP contribution in [0.4, 0.5) is 0 Å². The lowest BCUT2D eigenvalue weighted by molar-refractivity contribution is 0.458. The van der Waals surface area contributed by atoms with Gasteiger partial charge in [-0.1, -0.05) is 19.9 Å². The highest BCUT2D eigenvalue weighted by Crippen LogP contribution is 2.00. The summed E-state index contributed by atoms with van der Waals surface area (Å²) in [6.07, 6.45) is 1.61. The van der Waals surface area contributed by atoms with Gasteiger partial charge in [0.15, 0.2) is 0 Å². The minimum atomic E-state index is -3.11. The predicted molar refractivity (Wildman–Crippen MR) is 59.8 cm³/mol. The number of nitrogens with one attached hydrogen (secondary N) is 1. The van der Waals surface area contributed by atoms with E-state index in [-0.39, 0.29) is 5.75 Å². The lowest BCUT2D eigenvalue weighted by Crippen LogP contribution is -2.36. The summed E-state index contributed by atoms with van der Waals surface area (Å²) in [7, 11) is -3.11. The van der Waals surface area contributed by atoms with Gasteiger partial charge in [-0.3, -0.25) is 0 Å². The Morgan fingerprint density at radius 1 is 1.43 bits per heavy atom. The number of likely N-dealkylation sites (N-methyl/N-ethyl adjacent to an activating group) is 1. The van der Waals surface area contributed by atoms with E-state index in [4.69, 9.17) is 0 Å². The Morgan fingerprint density at radius 2 is 2.07 bits per heavy atom. The van der Waals surface area contributed by atoms with Gasteiger partial charge >= 0.3 is 0 Å². The molecule has 0 aromatic rings. The molecule has 84 valence electrons. The zero-order valence-electron chi connectivity index (χ0n) is 8.99. The maximum absolute atomic E-state index is 11.7. The molecule has 0 spiro atoms. The molecule has 0 radical (unpaired) electrons. The van der Waals surface area contributed by atoms with Gasteiger partial charge in [-0.05, 0) is 6.54 Å². The molecule has 0 aliphatic rings. The topological polar surface area (TPSA) is 49.4 Å². The first-order chi connectivity index (χ1) is 6.58. The molecule has 0 heterocycles. The van der Waals surface area contributed by atoms with Crippen molar-refractivity contribution in [3.63, 3.8) is 0 Å². The second-order valence-corrected chi connectivity index (χ2v) is 5.00. The summed E-state index contributed by atoms with van der Waals surface area (Å²) in [6, 6.07) is 0. The molecule has 0 aromatic carbocycles. The molecule has 0 fully saturated rings. The predicted octanol–water partition coefficient (Wildman–Crippen LogP) is 0.434. The lowest BCUT2D eigenvalue weighted by Gasteiger charge is -2.18. The first kappa shape index (κ1) is 13.6. The van der Waals surface area contributed by atoms with E-state index in [2.05, 4.69) is 11.9 Å². The summed E-state index contributed by atoms with van der Waals surface area (Å²) >= 11 is 0. The van der Waals surface area contributed by atoms with Crippen LogP contribution in [0, 0.1) is 0 Å². The fourth-order valence-electron chi connectivity index (χ4n) is 1.09. The third kappa shape index (κ3) is 4.74. The van der Waals surface area contributed by atoms with Gasteiger partial charge in [0.1, 0.15) is 0 Å². The average Bonchev–Trinajstić information content (AvgIpc) is 2.14. The Balaban J connectivity index is 4.19. The van der Waals surface area contributed by atoms with Crippen molar-refractivity contribution in [3.8, 4) is 0 Å². The van der Waals surface area contributed by atoms with Gasteiger partial charge in [-0.25, -0.2) is 8.42 Å². The third-order valence-corrected chi connectivity index (χ3v) is 3.78. The van der Waals surface area contributed by atoms with Crippen molar-refractivity contribution >= 4 is 10.0 Å². The van der Waals surface area contributed by atoms with Crippen LogP contribution >= 0.6 is 0 Å². The fraction of sp³-hybridized carbons (Fsp3) is 0.778. The quantitative estimate of drug-likeness (QED) is 0.477. The van der Waals surface area contributed by atoms with Gasteiger partial charge in [-0.15, -0.1) is 6.58 Å². The van der Waals surface area contributed by atoms with E-state index in [0.29, 0.717) is 19.6 Å². The van der Waals surface area contributed by atoms with Crippen molar-refractivity contribution in [1.29, 1.82) is 0 Å². The highest BCUT2D eigenvalue weighted by atomic mass is 32.2. The first-order valence-corrected chi connectivity index (χ1v) is 6.48. The van der Waals surface area contributed by atoms with Crippen LogP contribution in [0.2, 0.25) is 0 Å². The van der Waals surface area contributed by atoms with Crippen LogP contribution in [-0.2, 0) is 10.0 Å². The lowest BCUT2D eigenvalue weighted by atomic mass is 10.6. The largest absolute Gasteiger partial charge is 0.316 e. The van der Waals surface area contributed by atoms with Crippen molar-refractivity contribution in [2.45, 2.75) is 13.8 Å². The molecule has 0 unspecified atom stereocenters. The maximum atomic E-state index is 11.7. The number of hydrogen-bond donors (Lipinski definition) is 1. The molecular formula is C9H20N2O2S. The van der Waals surface area contributed by atoms with Gasteiger partial charge in [-0.2, -0.15) is 4.31 Å². The zero-order valence-corrected chi connectivity index (χ0v) is 9.81. The first-order valence-electron chi connectivity index (χ1n) is 4.87. The van der Waals surface area contributed by atoms with E-state index in [1.807, 2.05) is 13.8 Å². The number of rotatable bonds is 8. The summed E-state index contributed by atoms with van der Waals surface area (Å²) in [5.41, 5.74) is 0. The standard InChI is InChI=1S/C9H20N2O2S/c1-4-8-11(6-3)14(12,13)9-7-10-5-2/h4,10H,1,5-9H2,2-3H3. The van der Waals surface area contributed by atoms with Gasteiger partial charge in [0.05, 0.1) is 5.75 Å². The maximum Gasteiger partial charge on any atom is 0.215 e. The highest BCUT2D eigenvalue weighted by molar-refractivity contribution is 7.89. The van der Waals surface area contributed by atoms with Gasteiger partial charge in [0.2, 0.25) is 10.0 Å². The van der Waals surface area contributed by atoms with Crippen LogP contribution in [-0.4, -0.2) is 44.7 Å². The number of nitrogens with zero attached hydrogens (tertiary/aromatic N) is 1. The molecular weight excluding hydrogens is 200 g/mol. The van der Waals surface area contributed by atoms with Crippen LogP contribution in [0.25, 0.3) is 0 Å². The smallest absolute Gasteiger partial charge is 0.215 e. The fourth-order valence-corrected chi connectivity index (χ4v) is 2.48. The van der Waals surface area contributed by atoms with E-state index >= 15 is 0 Å². The van der Waals surface area contributed by atoms with Gasteiger partial charge in [0.25, 0.3) is 0 Å². The molecule has 5 heteroatoms. The molecule has 0 bridgehead atoms. The van der Waals surface area contributed by atoms with Crippen LogP contribution in [0.3, 0.4) is 0 Å². The Hall–Kier alpha value is -0.390. The van der Waals surface area contributed by atoms with Crippen LogP contribution < -0.4 is 5.32 Å². The SMILES string of the molecule is C=CCN(CC)S(=O)(=O)CCNCC. The minimum absolute atomic E-state index is 0.155. The van der Waals surface area contributed by atoms with Crippen LogP contribution in [0.5, 0.6) is 0 Å². The average molecular weight is 220 g/mol. The zero-order chi connectivity index (χ0) is 11.0. The molecule has 0 saturated carbocycles. The molecule has 0 rings (SSSR count). The number of sulfonamides is 1. The molecule has 0 amide bonds. The molecule has 4 nitrogen and oxygen atoms in total. The van der Waals surface area contributed by atoms with Crippen molar-refractivity contribution in [2.24, 2.45) is 0 Å². The Bertz CT molecular complexity index is 250. The molecule has 1 N–H and O–H groups in total. The van der Waals surface area contributed by atoms with E-state index in [1.165, 1.54) is 4.31 Å². The minimum Gasteiger partial charge on any atom is -0.316 e. The van der Waals surface area contributed by atoms with E-state index < -0.39 is 10.0 Å². The molecule has 0 atom stereocenters. The Kier molecular flexibility index (Phi) is 6.78. The normalized spacial score (nSPS) is 11.9. The van der Waals surface area contributed by atoms with Crippen molar-refractivity contribution in [3.05, 3.63) is 12.7 Å².